The summed E-state index contributed by atoms with van der Waals surface area (Å²) in [6, 6.07) is 11.9. The van der Waals surface area contributed by atoms with Crippen molar-refractivity contribution in [2.45, 2.75) is 37.0 Å². The number of hydrogen-bond acceptors (Lipinski definition) is 4. The van der Waals surface area contributed by atoms with E-state index in [1.54, 1.807) is 10.4 Å². The van der Waals surface area contributed by atoms with Crippen molar-refractivity contribution in [2.24, 2.45) is 0 Å². The highest BCUT2D eigenvalue weighted by molar-refractivity contribution is 7.92. The highest BCUT2D eigenvalue weighted by atomic mass is 32.2. The summed E-state index contributed by atoms with van der Waals surface area (Å²) in [5.41, 5.74) is 5.62. The fourth-order valence-electron chi connectivity index (χ4n) is 4.62. The van der Waals surface area contributed by atoms with Crippen LogP contribution in [0.15, 0.2) is 41.3 Å². The lowest BCUT2D eigenvalue weighted by Gasteiger charge is -2.29. The Morgan fingerprint density at radius 2 is 1.57 bits per heavy atom. The van der Waals surface area contributed by atoms with E-state index in [1.165, 1.54) is 17.5 Å². The fourth-order valence-corrected chi connectivity index (χ4v) is 6.18. The molecule has 2 aromatic carbocycles. The van der Waals surface area contributed by atoms with Gasteiger partial charge >= 0.3 is 0 Å². The maximum atomic E-state index is 13.4. The van der Waals surface area contributed by atoms with Crippen molar-refractivity contribution in [2.75, 3.05) is 42.1 Å². The Kier molecular flexibility index (Phi) is 4.56. The van der Waals surface area contributed by atoms with Gasteiger partial charge in [0.1, 0.15) is 0 Å². The molecule has 1 aliphatic carbocycles. The average molecular weight is 399 g/mol. The minimum absolute atomic E-state index is 0.429. The number of benzene rings is 2. The molecule has 0 amide bonds. The molecule has 0 unspecified atom stereocenters. The second-order valence-electron chi connectivity index (χ2n) is 7.88. The largest absolute Gasteiger partial charge is 0.378 e. The Balaban J connectivity index is 1.45. The van der Waals surface area contributed by atoms with Gasteiger partial charge < -0.3 is 9.64 Å². The minimum atomic E-state index is -3.52. The second kappa shape index (κ2) is 7.08. The van der Waals surface area contributed by atoms with E-state index in [-0.39, 0.29) is 0 Å². The predicted molar refractivity (Wildman–Crippen MR) is 111 cm³/mol. The summed E-state index contributed by atoms with van der Waals surface area (Å²) < 4.78 is 33.8. The molecule has 5 rings (SSSR count). The summed E-state index contributed by atoms with van der Waals surface area (Å²) in [6.45, 7) is 3.78. The SMILES string of the molecule is O=S(=O)(c1ccc2c(c1)CCCC2)N1CCc2cc(N3CCOCC3)ccc21. The van der Waals surface area contributed by atoms with Crippen LogP contribution in [-0.2, 0) is 34.0 Å². The van der Waals surface area contributed by atoms with Gasteiger partial charge in [-0.05, 0) is 79.1 Å². The van der Waals surface area contributed by atoms with Crippen LogP contribution in [-0.4, -0.2) is 41.3 Å². The zero-order valence-electron chi connectivity index (χ0n) is 16.1. The zero-order valence-corrected chi connectivity index (χ0v) is 16.9. The highest BCUT2D eigenvalue weighted by Crippen LogP contribution is 2.36. The topological polar surface area (TPSA) is 49.9 Å². The van der Waals surface area contributed by atoms with Gasteiger partial charge in [0.05, 0.1) is 23.8 Å². The Hall–Kier alpha value is -2.05. The summed E-state index contributed by atoms with van der Waals surface area (Å²) in [7, 11) is -3.52. The Labute approximate surface area is 167 Å². The van der Waals surface area contributed by atoms with Crippen LogP contribution in [0.5, 0.6) is 0 Å². The van der Waals surface area contributed by atoms with Gasteiger partial charge in [0.15, 0.2) is 0 Å². The maximum Gasteiger partial charge on any atom is 0.264 e. The summed E-state index contributed by atoms with van der Waals surface area (Å²) in [5.74, 6) is 0. The van der Waals surface area contributed by atoms with Crippen molar-refractivity contribution in [3.05, 3.63) is 53.1 Å². The first-order valence-corrected chi connectivity index (χ1v) is 11.7. The third kappa shape index (κ3) is 3.08. The molecule has 148 valence electrons. The van der Waals surface area contributed by atoms with Gasteiger partial charge in [0.2, 0.25) is 0 Å². The van der Waals surface area contributed by atoms with Crippen molar-refractivity contribution < 1.29 is 13.2 Å². The molecular formula is C22H26N2O3S. The van der Waals surface area contributed by atoms with Crippen LogP contribution in [0.25, 0.3) is 0 Å². The molecule has 0 N–H and O–H groups in total. The molecule has 0 bridgehead atoms. The van der Waals surface area contributed by atoms with Gasteiger partial charge in [0.25, 0.3) is 10.0 Å². The van der Waals surface area contributed by atoms with E-state index in [2.05, 4.69) is 11.0 Å². The first-order chi connectivity index (χ1) is 13.6. The van der Waals surface area contributed by atoms with E-state index < -0.39 is 10.0 Å². The van der Waals surface area contributed by atoms with Crippen molar-refractivity contribution >= 4 is 21.4 Å². The molecule has 2 aliphatic heterocycles. The fraction of sp³-hybridized carbons (Fsp3) is 0.455. The second-order valence-corrected chi connectivity index (χ2v) is 9.74. The number of anilines is 2. The summed E-state index contributed by atoms with van der Waals surface area (Å²) in [5, 5.41) is 0. The van der Waals surface area contributed by atoms with Crippen LogP contribution in [0.3, 0.4) is 0 Å². The van der Waals surface area contributed by atoms with Gasteiger partial charge in [0, 0.05) is 25.3 Å². The number of ether oxygens (including phenoxy) is 1. The van der Waals surface area contributed by atoms with Crippen molar-refractivity contribution in [1.29, 1.82) is 0 Å². The van der Waals surface area contributed by atoms with Crippen LogP contribution >= 0.6 is 0 Å². The molecule has 0 aromatic heterocycles. The first-order valence-electron chi connectivity index (χ1n) is 10.2. The number of aryl methyl sites for hydroxylation is 2. The summed E-state index contributed by atoms with van der Waals surface area (Å²) >= 11 is 0. The predicted octanol–water partition coefficient (Wildman–Crippen LogP) is 3.15. The highest BCUT2D eigenvalue weighted by Gasteiger charge is 2.32. The summed E-state index contributed by atoms with van der Waals surface area (Å²) in [4.78, 5) is 2.74. The number of nitrogens with zero attached hydrogens (tertiary/aromatic N) is 2. The molecule has 0 saturated carbocycles. The number of fused-ring (bicyclic) bond motifs is 2. The van der Waals surface area contributed by atoms with Gasteiger partial charge in [-0.25, -0.2) is 8.42 Å². The molecule has 2 aromatic rings. The Morgan fingerprint density at radius 1 is 0.786 bits per heavy atom. The van der Waals surface area contributed by atoms with E-state index in [0.717, 1.165) is 68.9 Å². The lowest BCUT2D eigenvalue weighted by molar-refractivity contribution is 0.122. The number of sulfonamides is 1. The molecular weight excluding hydrogens is 372 g/mol. The van der Waals surface area contributed by atoms with E-state index in [1.807, 2.05) is 24.3 Å². The molecule has 6 heteroatoms. The van der Waals surface area contributed by atoms with E-state index >= 15 is 0 Å². The molecule has 5 nitrogen and oxygen atoms in total. The van der Waals surface area contributed by atoms with Crippen molar-refractivity contribution in [1.82, 2.24) is 0 Å². The quantitative estimate of drug-likeness (QED) is 0.797. The molecule has 0 spiro atoms. The minimum Gasteiger partial charge on any atom is -0.378 e. The van der Waals surface area contributed by atoms with Crippen molar-refractivity contribution in [3.63, 3.8) is 0 Å². The number of morpholine rings is 1. The van der Waals surface area contributed by atoms with Crippen LogP contribution < -0.4 is 9.21 Å². The van der Waals surface area contributed by atoms with Gasteiger partial charge in [-0.2, -0.15) is 0 Å². The number of hydrogen-bond donors (Lipinski definition) is 0. The Morgan fingerprint density at radius 3 is 2.39 bits per heavy atom. The average Bonchev–Trinajstić information content (AvgIpc) is 3.18. The standard InChI is InChI=1S/C22H26N2O3S/c25-28(26,21-7-5-17-3-1-2-4-18(17)16-21)24-10-9-19-15-20(6-8-22(19)24)23-11-13-27-14-12-23/h5-8,15-16H,1-4,9-14H2. The monoisotopic (exact) mass is 398 g/mol. The van der Waals surface area contributed by atoms with E-state index in [4.69, 9.17) is 4.74 Å². The van der Waals surface area contributed by atoms with Gasteiger partial charge in [-0.3, -0.25) is 4.31 Å². The Bertz CT molecular complexity index is 997. The molecule has 1 fully saturated rings. The lowest BCUT2D eigenvalue weighted by atomic mass is 9.92. The molecule has 0 radical (unpaired) electrons. The zero-order chi connectivity index (χ0) is 19.1. The van der Waals surface area contributed by atoms with Gasteiger partial charge in [-0.15, -0.1) is 0 Å². The van der Waals surface area contributed by atoms with Crippen LogP contribution in [0.1, 0.15) is 29.5 Å². The molecule has 0 atom stereocenters. The first kappa shape index (κ1) is 18.0. The van der Waals surface area contributed by atoms with Crippen LogP contribution in [0.2, 0.25) is 0 Å². The third-order valence-electron chi connectivity index (χ3n) is 6.20. The molecule has 28 heavy (non-hydrogen) atoms. The van der Waals surface area contributed by atoms with Crippen LogP contribution in [0.4, 0.5) is 11.4 Å². The van der Waals surface area contributed by atoms with E-state index in [0.29, 0.717) is 11.4 Å². The van der Waals surface area contributed by atoms with Crippen LogP contribution in [0, 0.1) is 0 Å². The normalized spacial score (nSPS) is 19.4. The third-order valence-corrected chi connectivity index (χ3v) is 8.01. The molecule has 3 aliphatic rings. The maximum absolute atomic E-state index is 13.4. The lowest BCUT2D eigenvalue weighted by Crippen LogP contribution is -2.36. The molecule has 2 heterocycles. The number of rotatable bonds is 3. The smallest absolute Gasteiger partial charge is 0.264 e. The van der Waals surface area contributed by atoms with Crippen molar-refractivity contribution in [3.8, 4) is 0 Å². The molecule has 1 saturated heterocycles. The van der Waals surface area contributed by atoms with Gasteiger partial charge in [-0.1, -0.05) is 6.07 Å². The van der Waals surface area contributed by atoms with E-state index in [9.17, 15) is 8.42 Å². The summed E-state index contributed by atoms with van der Waals surface area (Å²) in [6.07, 6.45) is 5.15.